The van der Waals surface area contributed by atoms with Crippen molar-refractivity contribution in [3.63, 3.8) is 0 Å². The van der Waals surface area contributed by atoms with Crippen LogP contribution in [0.2, 0.25) is 0 Å². The lowest BCUT2D eigenvalue weighted by atomic mass is 9.98. The predicted molar refractivity (Wildman–Crippen MR) is 59.7 cm³/mol. The van der Waals surface area contributed by atoms with Crippen molar-refractivity contribution in [2.45, 2.75) is 32.7 Å². The van der Waals surface area contributed by atoms with E-state index in [-0.39, 0.29) is 16.7 Å². The summed E-state index contributed by atoms with van der Waals surface area (Å²) in [7, 11) is 0. The van der Waals surface area contributed by atoms with Gasteiger partial charge in [0.25, 0.3) is 5.69 Å². The molecule has 82 valence electrons. The van der Waals surface area contributed by atoms with Gasteiger partial charge in [-0.05, 0) is 24.5 Å². The summed E-state index contributed by atoms with van der Waals surface area (Å²) in [5.74, 6) is 0. The SMILES string of the molecule is CCCC(N)c1cc([N+](=O)[O-])ccc1C. The molecule has 0 heterocycles. The molecule has 0 bridgehead atoms. The molecule has 15 heavy (non-hydrogen) atoms. The Bertz CT molecular complexity index is 364. The summed E-state index contributed by atoms with van der Waals surface area (Å²) in [6, 6.07) is 4.74. The summed E-state index contributed by atoms with van der Waals surface area (Å²) in [4.78, 5) is 10.2. The zero-order valence-corrected chi connectivity index (χ0v) is 9.06. The third-order valence-electron chi connectivity index (χ3n) is 2.47. The van der Waals surface area contributed by atoms with Gasteiger partial charge in [0, 0.05) is 18.2 Å². The fourth-order valence-corrected chi connectivity index (χ4v) is 1.61. The second-order valence-corrected chi connectivity index (χ2v) is 3.69. The number of rotatable bonds is 4. The predicted octanol–water partition coefficient (Wildman–Crippen LogP) is 2.70. The molecule has 2 N–H and O–H groups in total. The smallest absolute Gasteiger partial charge is 0.269 e. The number of aryl methyl sites for hydroxylation is 1. The Kier molecular flexibility index (Phi) is 3.80. The third-order valence-corrected chi connectivity index (χ3v) is 2.47. The molecule has 4 nitrogen and oxygen atoms in total. The van der Waals surface area contributed by atoms with Crippen LogP contribution < -0.4 is 5.73 Å². The lowest BCUT2D eigenvalue weighted by Crippen LogP contribution is -2.11. The number of nitro groups is 1. The van der Waals surface area contributed by atoms with Crippen molar-refractivity contribution in [3.05, 3.63) is 39.4 Å². The van der Waals surface area contributed by atoms with Crippen LogP contribution >= 0.6 is 0 Å². The molecule has 0 aromatic heterocycles. The molecule has 0 radical (unpaired) electrons. The maximum absolute atomic E-state index is 10.6. The molecule has 0 amide bonds. The van der Waals surface area contributed by atoms with Crippen molar-refractivity contribution in [1.29, 1.82) is 0 Å². The highest BCUT2D eigenvalue weighted by atomic mass is 16.6. The summed E-state index contributed by atoms with van der Waals surface area (Å²) < 4.78 is 0. The third kappa shape index (κ3) is 2.76. The highest BCUT2D eigenvalue weighted by Gasteiger charge is 2.13. The average Bonchev–Trinajstić information content (AvgIpc) is 2.18. The minimum absolute atomic E-state index is 0.102. The summed E-state index contributed by atoms with van der Waals surface area (Å²) in [6.07, 6.45) is 1.82. The lowest BCUT2D eigenvalue weighted by Gasteiger charge is -2.13. The van der Waals surface area contributed by atoms with Gasteiger partial charge in [-0.25, -0.2) is 0 Å². The van der Waals surface area contributed by atoms with E-state index in [9.17, 15) is 10.1 Å². The zero-order valence-electron chi connectivity index (χ0n) is 9.06. The number of nitrogens with two attached hydrogens (primary N) is 1. The summed E-state index contributed by atoms with van der Waals surface area (Å²) >= 11 is 0. The molecule has 1 unspecified atom stereocenters. The molecule has 1 aromatic rings. The Hall–Kier alpha value is -1.42. The van der Waals surface area contributed by atoms with Crippen LogP contribution in [0.3, 0.4) is 0 Å². The maximum Gasteiger partial charge on any atom is 0.269 e. The van der Waals surface area contributed by atoms with Gasteiger partial charge in [-0.3, -0.25) is 10.1 Å². The van der Waals surface area contributed by atoms with Gasteiger partial charge in [-0.1, -0.05) is 19.4 Å². The maximum atomic E-state index is 10.6. The normalized spacial score (nSPS) is 12.5. The summed E-state index contributed by atoms with van der Waals surface area (Å²) in [5.41, 5.74) is 7.96. The monoisotopic (exact) mass is 208 g/mol. The first-order valence-corrected chi connectivity index (χ1v) is 5.06. The Balaban J connectivity index is 3.04. The minimum atomic E-state index is -0.387. The lowest BCUT2D eigenvalue weighted by molar-refractivity contribution is -0.384. The number of nitrogens with zero attached hydrogens (tertiary/aromatic N) is 1. The van der Waals surface area contributed by atoms with Crippen molar-refractivity contribution >= 4 is 5.69 Å². The van der Waals surface area contributed by atoms with Gasteiger partial charge in [0.2, 0.25) is 0 Å². The first-order valence-electron chi connectivity index (χ1n) is 5.06. The number of hydrogen-bond acceptors (Lipinski definition) is 3. The topological polar surface area (TPSA) is 69.2 Å². The molecule has 0 aliphatic rings. The van der Waals surface area contributed by atoms with Gasteiger partial charge in [-0.15, -0.1) is 0 Å². The fraction of sp³-hybridized carbons (Fsp3) is 0.455. The molecule has 1 atom stereocenters. The van der Waals surface area contributed by atoms with Crippen LogP contribution in [0.1, 0.15) is 36.9 Å². The quantitative estimate of drug-likeness (QED) is 0.611. The van der Waals surface area contributed by atoms with Gasteiger partial charge < -0.3 is 5.73 Å². The van der Waals surface area contributed by atoms with E-state index in [4.69, 9.17) is 5.73 Å². The van der Waals surface area contributed by atoms with E-state index >= 15 is 0 Å². The Morgan fingerprint density at radius 1 is 1.53 bits per heavy atom. The van der Waals surface area contributed by atoms with Crippen molar-refractivity contribution in [3.8, 4) is 0 Å². The Morgan fingerprint density at radius 2 is 2.20 bits per heavy atom. The van der Waals surface area contributed by atoms with Crippen LogP contribution in [-0.4, -0.2) is 4.92 Å². The van der Waals surface area contributed by atoms with Gasteiger partial charge in [0.1, 0.15) is 0 Å². The molecule has 0 saturated carbocycles. The number of nitro benzene ring substituents is 1. The van der Waals surface area contributed by atoms with Gasteiger partial charge in [-0.2, -0.15) is 0 Å². The summed E-state index contributed by atoms with van der Waals surface area (Å²) in [6.45, 7) is 3.97. The van der Waals surface area contributed by atoms with Crippen molar-refractivity contribution in [2.75, 3.05) is 0 Å². The van der Waals surface area contributed by atoms with Crippen LogP contribution in [0.25, 0.3) is 0 Å². The summed E-state index contributed by atoms with van der Waals surface area (Å²) in [5, 5.41) is 10.6. The van der Waals surface area contributed by atoms with Gasteiger partial charge in [0.05, 0.1) is 4.92 Å². The van der Waals surface area contributed by atoms with E-state index in [1.807, 2.05) is 13.8 Å². The average molecular weight is 208 g/mol. The molecule has 0 spiro atoms. The molecule has 0 aliphatic carbocycles. The fourth-order valence-electron chi connectivity index (χ4n) is 1.61. The molecular formula is C11H16N2O2. The van der Waals surface area contributed by atoms with E-state index in [0.29, 0.717) is 0 Å². The standard InChI is InChI=1S/C11H16N2O2/c1-3-4-11(12)10-7-9(13(14)15)6-5-8(10)2/h5-7,11H,3-4,12H2,1-2H3. The van der Waals surface area contributed by atoms with Crippen LogP contribution in [0.5, 0.6) is 0 Å². The van der Waals surface area contributed by atoms with Crippen LogP contribution in [0.15, 0.2) is 18.2 Å². The van der Waals surface area contributed by atoms with E-state index < -0.39 is 0 Å². The second-order valence-electron chi connectivity index (χ2n) is 3.69. The Labute approximate surface area is 89.2 Å². The molecule has 1 rings (SSSR count). The molecular weight excluding hydrogens is 192 g/mol. The second kappa shape index (κ2) is 4.89. The molecule has 0 saturated heterocycles. The number of non-ortho nitro benzene ring substituents is 1. The van der Waals surface area contributed by atoms with Crippen LogP contribution in [0.4, 0.5) is 5.69 Å². The molecule has 4 heteroatoms. The molecule has 0 aliphatic heterocycles. The zero-order chi connectivity index (χ0) is 11.4. The first kappa shape index (κ1) is 11.7. The van der Waals surface area contributed by atoms with Crippen molar-refractivity contribution < 1.29 is 4.92 Å². The highest BCUT2D eigenvalue weighted by Crippen LogP contribution is 2.24. The van der Waals surface area contributed by atoms with E-state index in [0.717, 1.165) is 24.0 Å². The number of hydrogen-bond donors (Lipinski definition) is 1. The van der Waals surface area contributed by atoms with Gasteiger partial charge >= 0.3 is 0 Å². The molecule has 0 fully saturated rings. The highest BCUT2D eigenvalue weighted by molar-refractivity contribution is 5.40. The van der Waals surface area contributed by atoms with E-state index in [2.05, 4.69) is 0 Å². The van der Waals surface area contributed by atoms with Crippen LogP contribution in [0, 0.1) is 17.0 Å². The van der Waals surface area contributed by atoms with Gasteiger partial charge in [0.15, 0.2) is 0 Å². The first-order chi connectivity index (χ1) is 7.06. The Morgan fingerprint density at radius 3 is 2.73 bits per heavy atom. The van der Waals surface area contributed by atoms with Crippen LogP contribution in [-0.2, 0) is 0 Å². The molecule has 1 aromatic carbocycles. The van der Waals surface area contributed by atoms with E-state index in [1.54, 1.807) is 12.1 Å². The van der Waals surface area contributed by atoms with Crippen molar-refractivity contribution in [1.82, 2.24) is 0 Å². The number of benzene rings is 1. The largest absolute Gasteiger partial charge is 0.324 e. The minimum Gasteiger partial charge on any atom is -0.324 e. The van der Waals surface area contributed by atoms with E-state index in [1.165, 1.54) is 6.07 Å². The van der Waals surface area contributed by atoms with Crippen molar-refractivity contribution in [2.24, 2.45) is 5.73 Å².